The summed E-state index contributed by atoms with van der Waals surface area (Å²) in [6.07, 6.45) is 3.82. The van der Waals surface area contributed by atoms with E-state index in [9.17, 15) is 0 Å². The molecule has 0 radical (unpaired) electrons. The molecule has 10 heavy (non-hydrogen) atoms. The van der Waals surface area contributed by atoms with Gasteiger partial charge in [0.1, 0.15) is 5.82 Å². The maximum atomic E-state index is 5.28. The lowest BCUT2D eigenvalue weighted by molar-refractivity contribution is 1.01. The van der Waals surface area contributed by atoms with Crippen molar-refractivity contribution < 1.29 is 0 Å². The van der Waals surface area contributed by atoms with Gasteiger partial charge in [0.05, 0.1) is 11.4 Å². The number of hydrogen-bond donors (Lipinski definition) is 1. The van der Waals surface area contributed by atoms with Crippen molar-refractivity contribution in [2.24, 2.45) is 5.73 Å². The number of hydrogen-bond acceptors (Lipinski definition) is 3. The zero-order valence-corrected chi connectivity index (χ0v) is 6.14. The van der Waals surface area contributed by atoms with E-state index in [4.69, 9.17) is 5.73 Å². The molecular weight excluding hydrogens is 146 g/mol. The maximum absolute atomic E-state index is 5.28. The Hall–Kier alpha value is -1.03. The summed E-state index contributed by atoms with van der Waals surface area (Å²) in [5.41, 5.74) is 5.28. The second-order valence-electron chi connectivity index (χ2n) is 1.81. The highest BCUT2D eigenvalue weighted by Crippen LogP contribution is 1.88. The van der Waals surface area contributed by atoms with E-state index >= 15 is 0 Å². The van der Waals surface area contributed by atoms with Gasteiger partial charge < -0.3 is 5.73 Å². The van der Waals surface area contributed by atoms with Crippen LogP contribution < -0.4 is 5.73 Å². The van der Waals surface area contributed by atoms with Gasteiger partial charge in [0, 0.05) is 12.4 Å². The van der Waals surface area contributed by atoms with E-state index in [0.29, 0.717) is 17.2 Å². The Kier molecular flexibility index (Phi) is 2.28. The van der Waals surface area contributed by atoms with Gasteiger partial charge in [-0.15, -0.1) is 0 Å². The largest absolute Gasteiger partial charge is 0.393 e. The maximum Gasteiger partial charge on any atom is 0.134 e. The standard InChI is InChI=1S/C6H7N3S/c7-5(10)4-6-8-2-1-3-9-6/h1-3H,4H2,(H2,7,10). The first kappa shape index (κ1) is 7.08. The lowest BCUT2D eigenvalue weighted by Crippen LogP contribution is -2.12. The van der Waals surface area contributed by atoms with Crippen molar-refractivity contribution in [1.82, 2.24) is 9.97 Å². The van der Waals surface area contributed by atoms with Crippen LogP contribution in [0.4, 0.5) is 0 Å². The molecule has 0 saturated carbocycles. The van der Waals surface area contributed by atoms with Crippen LogP contribution in [0.3, 0.4) is 0 Å². The van der Waals surface area contributed by atoms with Gasteiger partial charge in [-0.2, -0.15) is 0 Å². The lowest BCUT2D eigenvalue weighted by Gasteiger charge is -1.93. The van der Waals surface area contributed by atoms with E-state index in [1.807, 2.05) is 0 Å². The minimum Gasteiger partial charge on any atom is -0.393 e. The summed E-state index contributed by atoms with van der Waals surface area (Å²) >= 11 is 4.68. The second-order valence-corrected chi connectivity index (χ2v) is 2.33. The highest BCUT2D eigenvalue weighted by molar-refractivity contribution is 7.80. The molecule has 0 spiro atoms. The summed E-state index contributed by atoms with van der Waals surface area (Å²) in [6, 6.07) is 1.75. The minimum atomic E-state index is 0.422. The molecule has 0 aliphatic heterocycles. The molecule has 0 aliphatic carbocycles. The predicted molar refractivity (Wildman–Crippen MR) is 42.5 cm³/mol. The van der Waals surface area contributed by atoms with E-state index in [-0.39, 0.29) is 0 Å². The van der Waals surface area contributed by atoms with Crippen molar-refractivity contribution in [3.63, 3.8) is 0 Å². The Balaban J connectivity index is 2.67. The second kappa shape index (κ2) is 3.22. The molecule has 3 nitrogen and oxygen atoms in total. The first-order valence-corrected chi connectivity index (χ1v) is 3.24. The Morgan fingerprint density at radius 3 is 2.60 bits per heavy atom. The van der Waals surface area contributed by atoms with Crippen LogP contribution in [0.5, 0.6) is 0 Å². The predicted octanol–water partition coefficient (Wildman–Crippen LogP) is 0.305. The third kappa shape index (κ3) is 2.06. The van der Waals surface area contributed by atoms with Crippen LogP contribution in [-0.4, -0.2) is 15.0 Å². The molecule has 0 amide bonds. The van der Waals surface area contributed by atoms with Gasteiger partial charge in [0.15, 0.2) is 0 Å². The summed E-state index contributed by atoms with van der Waals surface area (Å²) in [5, 5.41) is 0. The first-order valence-electron chi connectivity index (χ1n) is 2.83. The molecule has 52 valence electrons. The summed E-state index contributed by atoms with van der Waals surface area (Å²) in [5.74, 6) is 0.676. The normalized spacial score (nSPS) is 9.20. The van der Waals surface area contributed by atoms with Gasteiger partial charge in [0.25, 0.3) is 0 Å². The highest BCUT2D eigenvalue weighted by Gasteiger charge is 1.94. The Bertz CT molecular complexity index is 222. The van der Waals surface area contributed by atoms with Gasteiger partial charge >= 0.3 is 0 Å². The third-order valence-corrected chi connectivity index (χ3v) is 1.10. The SMILES string of the molecule is NC(=S)Cc1ncccn1. The van der Waals surface area contributed by atoms with Crippen LogP contribution >= 0.6 is 12.2 Å². The van der Waals surface area contributed by atoms with Gasteiger partial charge in [-0.05, 0) is 6.07 Å². The number of rotatable bonds is 2. The molecule has 0 aliphatic rings. The molecule has 0 bridgehead atoms. The zero-order valence-electron chi connectivity index (χ0n) is 5.32. The molecule has 1 rings (SSSR count). The average Bonchev–Trinajstić information content (AvgIpc) is 1.88. The smallest absolute Gasteiger partial charge is 0.134 e. The van der Waals surface area contributed by atoms with Gasteiger partial charge in [-0.3, -0.25) is 0 Å². The average molecular weight is 153 g/mol. The molecule has 4 heteroatoms. The number of thiocarbonyl (C=S) groups is 1. The number of aromatic nitrogens is 2. The monoisotopic (exact) mass is 153 g/mol. The summed E-state index contributed by atoms with van der Waals surface area (Å²) in [7, 11) is 0. The molecule has 0 saturated heterocycles. The van der Waals surface area contributed by atoms with E-state index < -0.39 is 0 Å². The van der Waals surface area contributed by atoms with E-state index in [1.54, 1.807) is 18.5 Å². The molecule has 0 atom stereocenters. The fourth-order valence-corrected chi connectivity index (χ4v) is 0.706. The molecular formula is C6H7N3S. The van der Waals surface area contributed by atoms with Crippen LogP contribution in [0.1, 0.15) is 5.82 Å². The van der Waals surface area contributed by atoms with Crippen molar-refractivity contribution >= 4 is 17.2 Å². The van der Waals surface area contributed by atoms with Crippen molar-refractivity contribution in [3.8, 4) is 0 Å². The molecule has 2 N–H and O–H groups in total. The van der Waals surface area contributed by atoms with Crippen LogP contribution in [0.25, 0.3) is 0 Å². The Morgan fingerprint density at radius 1 is 1.50 bits per heavy atom. The Morgan fingerprint density at radius 2 is 2.10 bits per heavy atom. The Labute approximate surface area is 64.3 Å². The van der Waals surface area contributed by atoms with Gasteiger partial charge in [-0.1, -0.05) is 12.2 Å². The van der Waals surface area contributed by atoms with Crippen LogP contribution in [0.2, 0.25) is 0 Å². The van der Waals surface area contributed by atoms with Crippen molar-refractivity contribution in [1.29, 1.82) is 0 Å². The lowest BCUT2D eigenvalue weighted by atomic mass is 10.4. The van der Waals surface area contributed by atoms with Crippen molar-refractivity contribution in [2.75, 3.05) is 0 Å². The molecule has 1 aromatic heterocycles. The molecule has 0 fully saturated rings. The van der Waals surface area contributed by atoms with Crippen LogP contribution in [0.15, 0.2) is 18.5 Å². The highest BCUT2D eigenvalue weighted by atomic mass is 32.1. The fraction of sp³-hybridized carbons (Fsp3) is 0.167. The third-order valence-electron chi connectivity index (χ3n) is 0.952. The molecule has 1 aromatic rings. The van der Waals surface area contributed by atoms with Gasteiger partial charge in [0.2, 0.25) is 0 Å². The van der Waals surface area contributed by atoms with Crippen molar-refractivity contribution in [3.05, 3.63) is 24.3 Å². The first-order chi connectivity index (χ1) is 4.79. The molecule has 0 aromatic carbocycles. The zero-order chi connectivity index (χ0) is 7.40. The topological polar surface area (TPSA) is 51.8 Å². The summed E-state index contributed by atoms with van der Waals surface area (Å²) in [6.45, 7) is 0. The molecule has 1 heterocycles. The van der Waals surface area contributed by atoms with Crippen LogP contribution in [-0.2, 0) is 6.42 Å². The molecule has 0 unspecified atom stereocenters. The minimum absolute atomic E-state index is 0.422. The quantitative estimate of drug-likeness (QED) is 0.621. The summed E-state index contributed by atoms with van der Waals surface area (Å²) < 4.78 is 0. The van der Waals surface area contributed by atoms with Crippen LogP contribution in [0, 0.1) is 0 Å². The van der Waals surface area contributed by atoms with E-state index in [2.05, 4.69) is 22.2 Å². The fourth-order valence-electron chi connectivity index (χ4n) is 0.577. The van der Waals surface area contributed by atoms with Crippen molar-refractivity contribution in [2.45, 2.75) is 6.42 Å². The number of nitrogens with two attached hydrogens (primary N) is 1. The van der Waals surface area contributed by atoms with Gasteiger partial charge in [-0.25, -0.2) is 9.97 Å². The van der Waals surface area contributed by atoms with E-state index in [0.717, 1.165) is 0 Å². The number of nitrogens with zero attached hydrogens (tertiary/aromatic N) is 2. The van der Waals surface area contributed by atoms with E-state index in [1.165, 1.54) is 0 Å². The summed E-state index contributed by atoms with van der Waals surface area (Å²) in [4.78, 5) is 8.30.